The third kappa shape index (κ3) is 3.67. The van der Waals surface area contributed by atoms with E-state index in [-0.39, 0.29) is 11.8 Å². The minimum Gasteiger partial charge on any atom is -0.469 e. The second kappa shape index (κ2) is 6.65. The van der Waals surface area contributed by atoms with Gasteiger partial charge in [-0.1, -0.05) is 13.3 Å². The van der Waals surface area contributed by atoms with Gasteiger partial charge in [-0.2, -0.15) is 0 Å². The van der Waals surface area contributed by atoms with Crippen molar-refractivity contribution in [2.24, 2.45) is 5.92 Å². The van der Waals surface area contributed by atoms with E-state index in [0.717, 1.165) is 38.1 Å². The first kappa shape index (κ1) is 14.6. The van der Waals surface area contributed by atoms with E-state index < -0.39 is 0 Å². The van der Waals surface area contributed by atoms with Crippen LogP contribution < -0.4 is 5.32 Å². The summed E-state index contributed by atoms with van der Waals surface area (Å²) >= 11 is 0. The molecule has 1 aliphatic heterocycles. The van der Waals surface area contributed by atoms with Gasteiger partial charge in [0.25, 0.3) is 0 Å². The van der Waals surface area contributed by atoms with E-state index in [9.17, 15) is 4.79 Å². The summed E-state index contributed by atoms with van der Waals surface area (Å²) in [6, 6.07) is 4.24. The van der Waals surface area contributed by atoms with Crippen molar-refractivity contribution in [3.63, 3.8) is 0 Å². The number of hydrogen-bond acceptors (Lipinski definition) is 3. The lowest BCUT2D eigenvalue weighted by Gasteiger charge is -2.32. The smallest absolute Gasteiger partial charge is 0.224 e. The Hall–Kier alpha value is -1.29. The summed E-state index contributed by atoms with van der Waals surface area (Å²) in [7, 11) is 0. The number of rotatable bonds is 6. The minimum absolute atomic E-state index is 0.134. The molecule has 3 rings (SSSR count). The van der Waals surface area contributed by atoms with Gasteiger partial charge < -0.3 is 14.6 Å². The molecule has 0 spiro atoms. The molecule has 1 saturated carbocycles. The van der Waals surface area contributed by atoms with Gasteiger partial charge in [0.1, 0.15) is 5.76 Å². The number of unbranched alkanes of at least 4 members (excludes halogenated alkanes) is 1. The lowest BCUT2D eigenvalue weighted by molar-refractivity contribution is -0.123. The van der Waals surface area contributed by atoms with Crippen LogP contribution in [0.5, 0.6) is 0 Å². The molecule has 1 saturated heterocycles. The van der Waals surface area contributed by atoms with Crippen LogP contribution in [0.25, 0.3) is 0 Å². The van der Waals surface area contributed by atoms with Crippen LogP contribution >= 0.6 is 0 Å². The lowest BCUT2D eigenvalue weighted by atomic mass is 10.0. The van der Waals surface area contributed by atoms with Crippen LogP contribution in [0.3, 0.4) is 0 Å². The normalized spacial score (nSPS) is 26.7. The predicted molar refractivity (Wildman–Crippen MR) is 82.1 cm³/mol. The van der Waals surface area contributed by atoms with Gasteiger partial charge in [0.15, 0.2) is 0 Å². The van der Waals surface area contributed by atoms with Gasteiger partial charge in [-0.25, -0.2) is 0 Å². The molecule has 2 atom stereocenters. The number of carbonyl (C=O) groups is 1. The Kier molecular flexibility index (Phi) is 4.63. The molecule has 2 fully saturated rings. The van der Waals surface area contributed by atoms with Crippen molar-refractivity contribution in [3.05, 3.63) is 24.2 Å². The van der Waals surface area contributed by atoms with Crippen LogP contribution in [0, 0.1) is 5.92 Å². The molecule has 1 N–H and O–H groups in total. The fourth-order valence-electron chi connectivity index (χ4n) is 3.29. The topological polar surface area (TPSA) is 45.5 Å². The summed E-state index contributed by atoms with van der Waals surface area (Å²) in [5.74, 6) is 1.63. The van der Waals surface area contributed by atoms with Crippen LogP contribution in [-0.2, 0) is 4.79 Å². The van der Waals surface area contributed by atoms with E-state index >= 15 is 0 Å². The van der Waals surface area contributed by atoms with Gasteiger partial charge in [0.05, 0.1) is 6.26 Å². The van der Waals surface area contributed by atoms with E-state index in [1.54, 1.807) is 6.26 Å². The van der Waals surface area contributed by atoms with E-state index in [2.05, 4.69) is 17.1 Å². The van der Waals surface area contributed by atoms with Crippen LogP contribution in [0.4, 0.5) is 0 Å². The molecular weight excluding hydrogens is 264 g/mol. The Morgan fingerprint density at radius 1 is 1.43 bits per heavy atom. The second-order valence-corrected chi connectivity index (χ2v) is 6.44. The molecule has 2 unspecified atom stereocenters. The quantitative estimate of drug-likeness (QED) is 0.876. The number of nitrogens with one attached hydrogen (secondary N) is 1. The van der Waals surface area contributed by atoms with Crippen molar-refractivity contribution >= 4 is 5.91 Å². The number of amides is 1. The van der Waals surface area contributed by atoms with Crippen molar-refractivity contribution < 1.29 is 9.21 Å². The Morgan fingerprint density at radius 2 is 2.24 bits per heavy atom. The third-order valence-corrected chi connectivity index (χ3v) is 4.80. The van der Waals surface area contributed by atoms with Crippen LogP contribution in [0.15, 0.2) is 22.8 Å². The number of hydrogen-bond donors (Lipinski definition) is 1. The zero-order valence-electron chi connectivity index (χ0n) is 12.9. The van der Waals surface area contributed by atoms with Gasteiger partial charge in [-0.3, -0.25) is 4.79 Å². The van der Waals surface area contributed by atoms with E-state index in [4.69, 9.17) is 4.42 Å². The first-order chi connectivity index (χ1) is 10.3. The molecule has 0 aromatic carbocycles. The van der Waals surface area contributed by atoms with Crippen LogP contribution in [-0.4, -0.2) is 36.5 Å². The number of likely N-dealkylation sites (tertiary alicyclic amines) is 1. The highest BCUT2D eigenvalue weighted by Crippen LogP contribution is 2.47. The van der Waals surface area contributed by atoms with E-state index in [1.807, 2.05) is 12.1 Å². The molecule has 116 valence electrons. The molecule has 0 radical (unpaired) electrons. The molecule has 1 aromatic heterocycles. The van der Waals surface area contributed by atoms with Crippen molar-refractivity contribution in [2.75, 3.05) is 19.6 Å². The van der Waals surface area contributed by atoms with Crippen molar-refractivity contribution in [1.29, 1.82) is 0 Å². The summed E-state index contributed by atoms with van der Waals surface area (Å²) in [6.45, 7) is 5.69. The van der Waals surface area contributed by atoms with Gasteiger partial charge in [-0.05, 0) is 44.4 Å². The molecule has 4 nitrogen and oxygen atoms in total. The summed E-state index contributed by atoms with van der Waals surface area (Å²) in [4.78, 5) is 14.8. The number of carbonyl (C=O) groups excluding carboxylic acids is 1. The van der Waals surface area contributed by atoms with Gasteiger partial charge >= 0.3 is 0 Å². The van der Waals surface area contributed by atoms with Crippen LogP contribution in [0.1, 0.15) is 50.7 Å². The largest absolute Gasteiger partial charge is 0.469 e. The lowest BCUT2D eigenvalue weighted by Crippen LogP contribution is -2.45. The highest BCUT2D eigenvalue weighted by atomic mass is 16.3. The molecule has 1 aliphatic carbocycles. The first-order valence-corrected chi connectivity index (χ1v) is 8.34. The molecule has 2 aliphatic rings. The maximum atomic E-state index is 12.3. The number of nitrogens with zero attached hydrogens (tertiary/aromatic N) is 1. The van der Waals surface area contributed by atoms with Crippen molar-refractivity contribution in [2.45, 2.75) is 51.0 Å². The van der Waals surface area contributed by atoms with Crippen LogP contribution in [0.2, 0.25) is 0 Å². The van der Waals surface area contributed by atoms with Gasteiger partial charge in [0, 0.05) is 31.0 Å². The molecule has 1 aromatic rings. The molecule has 21 heavy (non-hydrogen) atoms. The highest BCUT2D eigenvalue weighted by molar-refractivity contribution is 5.82. The summed E-state index contributed by atoms with van der Waals surface area (Å²) in [5.41, 5.74) is 0. The number of furan rings is 1. The average Bonchev–Trinajstić information content (AvgIpc) is 3.13. The van der Waals surface area contributed by atoms with E-state index in [1.165, 1.54) is 19.4 Å². The van der Waals surface area contributed by atoms with Crippen molar-refractivity contribution in [3.8, 4) is 0 Å². The minimum atomic E-state index is 0.134. The zero-order chi connectivity index (χ0) is 14.7. The Balaban J connectivity index is 1.39. The summed E-state index contributed by atoms with van der Waals surface area (Å²) < 4.78 is 5.39. The highest BCUT2D eigenvalue weighted by Gasteiger charge is 2.46. The van der Waals surface area contributed by atoms with Crippen molar-refractivity contribution in [1.82, 2.24) is 10.2 Å². The molecule has 4 heteroatoms. The monoisotopic (exact) mass is 290 g/mol. The maximum absolute atomic E-state index is 12.3. The Labute approximate surface area is 126 Å². The number of piperidine rings is 1. The predicted octanol–water partition coefficient (Wildman–Crippen LogP) is 2.76. The van der Waals surface area contributed by atoms with E-state index in [0.29, 0.717) is 12.0 Å². The van der Waals surface area contributed by atoms with Gasteiger partial charge in [-0.15, -0.1) is 0 Å². The molecule has 1 amide bonds. The summed E-state index contributed by atoms with van der Waals surface area (Å²) in [5, 5.41) is 3.24. The zero-order valence-corrected chi connectivity index (χ0v) is 12.9. The van der Waals surface area contributed by atoms with Gasteiger partial charge in [0.2, 0.25) is 5.91 Å². The second-order valence-electron chi connectivity index (χ2n) is 6.44. The molecule has 2 heterocycles. The Bertz CT molecular complexity index is 449. The maximum Gasteiger partial charge on any atom is 0.224 e. The standard InChI is InChI=1S/C17H26N2O2/c1-2-3-8-19-9-6-13(7-10-19)18-17(20)15-12-14(15)16-5-4-11-21-16/h4-5,11,13-15H,2-3,6-10,12H2,1H3,(H,18,20). The first-order valence-electron chi connectivity index (χ1n) is 8.34. The molecular formula is C17H26N2O2. The summed E-state index contributed by atoms with van der Waals surface area (Å²) in [6.07, 6.45) is 7.35. The molecule has 0 bridgehead atoms. The fraction of sp³-hybridized carbons (Fsp3) is 0.706. The SMILES string of the molecule is CCCCN1CCC(NC(=O)C2CC2c2ccco2)CC1. The third-order valence-electron chi connectivity index (χ3n) is 4.80. The average molecular weight is 290 g/mol. The fourth-order valence-corrected chi connectivity index (χ4v) is 3.29. The Morgan fingerprint density at radius 3 is 2.90 bits per heavy atom.